The summed E-state index contributed by atoms with van der Waals surface area (Å²) in [6.07, 6.45) is -4.61. The van der Waals surface area contributed by atoms with Crippen LogP contribution < -0.4 is 0 Å². The Balaban J connectivity index is 1.69. The molecule has 0 N–H and O–H groups in total. The van der Waals surface area contributed by atoms with Gasteiger partial charge in [-0.15, -0.1) is 0 Å². The Kier molecular flexibility index (Phi) is 5.51. The molecule has 7 heteroatoms. The Morgan fingerprint density at radius 1 is 0.963 bits per heavy atom. The van der Waals surface area contributed by atoms with Gasteiger partial charge in [-0.05, 0) is 31.2 Å². The average molecular weight is 376 g/mol. The van der Waals surface area contributed by atoms with E-state index >= 15 is 0 Å². The van der Waals surface area contributed by atoms with Crippen molar-refractivity contribution in [2.45, 2.75) is 31.2 Å². The lowest BCUT2D eigenvalue weighted by Crippen LogP contribution is -2.43. The SMILES string of the molecule is C[C@H]1O[C@H](COC(=O)c2ccccc2)[C@@H](OC(=O)c2ccccc2)C1(F)F. The fraction of sp³-hybridized carbons (Fsp3) is 0.300. The van der Waals surface area contributed by atoms with Crippen molar-refractivity contribution in [1.82, 2.24) is 0 Å². The van der Waals surface area contributed by atoms with Crippen LogP contribution in [-0.4, -0.2) is 42.8 Å². The molecule has 0 unspecified atom stereocenters. The lowest BCUT2D eigenvalue weighted by Gasteiger charge is -2.23. The van der Waals surface area contributed by atoms with Gasteiger partial charge in [-0.1, -0.05) is 36.4 Å². The highest BCUT2D eigenvalue weighted by molar-refractivity contribution is 5.90. The molecule has 1 heterocycles. The van der Waals surface area contributed by atoms with Gasteiger partial charge < -0.3 is 14.2 Å². The highest BCUT2D eigenvalue weighted by Gasteiger charge is 2.59. The van der Waals surface area contributed by atoms with Crippen molar-refractivity contribution in [3.8, 4) is 0 Å². The fourth-order valence-electron chi connectivity index (χ4n) is 2.76. The molecule has 1 saturated heterocycles. The molecule has 27 heavy (non-hydrogen) atoms. The molecule has 0 bridgehead atoms. The minimum Gasteiger partial charge on any atom is -0.459 e. The zero-order valence-corrected chi connectivity index (χ0v) is 14.5. The van der Waals surface area contributed by atoms with E-state index in [9.17, 15) is 18.4 Å². The van der Waals surface area contributed by atoms with Gasteiger partial charge >= 0.3 is 17.9 Å². The lowest BCUT2D eigenvalue weighted by molar-refractivity contribution is -0.111. The normalized spacial score (nSPS) is 23.6. The van der Waals surface area contributed by atoms with Gasteiger partial charge in [0.2, 0.25) is 0 Å². The van der Waals surface area contributed by atoms with Crippen molar-refractivity contribution in [3.05, 3.63) is 71.8 Å². The molecule has 2 aromatic carbocycles. The van der Waals surface area contributed by atoms with E-state index in [1.807, 2.05) is 0 Å². The summed E-state index contributed by atoms with van der Waals surface area (Å²) in [7, 11) is 0. The molecule has 1 aliphatic rings. The summed E-state index contributed by atoms with van der Waals surface area (Å²) < 4.78 is 44.2. The molecule has 0 radical (unpaired) electrons. The Morgan fingerprint density at radius 2 is 1.48 bits per heavy atom. The largest absolute Gasteiger partial charge is 0.459 e. The van der Waals surface area contributed by atoms with Crippen LogP contribution in [0.4, 0.5) is 8.78 Å². The summed E-state index contributed by atoms with van der Waals surface area (Å²) in [5.74, 6) is -4.97. The molecule has 1 aliphatic heterocycles. The number of rotatable bonds is 5. The highest BCUT2D eigenvalue weighted by Crippen LogP contribution is 2.38. The van der Waals surface area contributed by atoms with Gasteiger partial charge in [0.05, 0.1) is 11.1 Å². The number of hydrogen-bond donors (Lipinski definition) is 0. The number of hydrogen-bond acceptors (Lipinski definition) is 5. The van der Waals surface area contributed by atoms with E-state index in [-0.39, 0.29) is 11.1 Å². The van der Waals surface area contributed by atoms with E-state index < -0.39 is 42.8 Å². The molecule has 0 spiro atoms. The maximum atomic E-state index is 14.4. The van der Waals surface area contributed by atoms with Crippen LogP contribution in [-0.2, 0) is 14.2 Å². The minimum atomic E-state index is -3.41. The summed E-state index contributed by atoms with van der Waals surface area (Å²) in [6, 6.07) is 15.9. The summed E-state index contributed by atoms with van der Waals surface area (Å²) in [4.78, 5) is 24.2. The molecule has 3 atom stereocenters. The summed E-state index contributed by atoms with van der Waals surface area (Å²) in [5.41, 5.74) is 0.431. The molecule has 2 aromatic rings. The van der Waals surface area contributed by atoms with Gasteiger partial charge in [-0.25, -0.2) is 9.59 Å². The summed E-state index contributed by atoms with van der Waals surface area (Å²) in [5, 5.41) is 0. The highest BCUT2D eigenvalue weighted by atomic mass is 19.3. The van der Waals surface area contributed by atoms with E-state index in [0.29, 0.717) is 0 Å². The van der Waals surface area contributed by atoms with Crippen LogP contribution >= 0.6 is 0 Å². The Hall–Kier alpha value is -2.80. The van der Waals surface area contributed by atoms with Crippen LogP contribution in [0.3, 0.4) is 0 Å². The molecule has 0 saturated carbocycles. The third-order valence-corrected chi connectivity index (χ3v) is 4.27. The number of halogens is 2. The van der Waals surface area contributed by atoms with Crippen LogP contribution in [0.1, 0.15) is 27.6 Å². The molecule has 142 valence electrons. The Bertz CT molecular complexity index is 795. The first-order valence-electron chi connectivity index (χ1n) is 8.41. The van der Waals surface area contributed by atoms with Crippen molar-refractivity contribution in [2.24, 2.45) is 0 Å². The van der Waals surface area contributed by atoms with E-state index in [1.165, 1.54) is 19.1 Å². The van der Waals surface area contributed by atoms with Crippen molar-refractivity contribution in [2.75, 3.05) is 6.61 Å². The van der Waals surface area contributed by atoms with Gasteiger partial charge in [0.25, 0.3) is 0 Å². The molecular formula is C20H18F2O5. The zero-order chi connectivity index (χ0) is 19.4. The number of carbonyl (C=O) groups is 2. The summed E-state index contributed by atoms with van der Waals surface area (Å²) in [6.45, 7) is 0.725. The number of ether oxygens (including phenoxy) is 3. The van der Waals surface area contributed by atoms with Crippen molar-refractivity contribution < 1.29 is 32.6 Å². The molecule has 0 aliphatic carbocycles. The predicted octanol–water partition coefficient (Wildman–Crippen LogP) is 3.49. The Morgan fingerprint density at radius 3 is 2.04 bits per heavy atom. The lowest BCUT2D eigenvalue weighted by atomic mass is 10.1. The molecular weight excluding hydrogens is 358 g/mol. The zero-order valence-electron chi connectivity index (χ0n) is 14.5. The maximum Gasteiger partial charge on any atom is 0.338 e. The molecule has 0 amide bonds. The smallest absolute Gasteiger partial charge is 0.338 e. The predicted molar refractivity (Wildman–Crippen MR) is 91.7 cm³/mol. The second-order valence-electron chi connectivity index (χ2n) is 6.15. The third-order valence-electron chi connectivity index (χ3n) is 4.27. The van der Waals surface area contributed by atoms with Crippen molar-refractivity contribution >= 4 is 11.9 Å². The van der Waals surface area contributed by atoms with E-state index in [1.54, 1.807) is 48.5 Å². The number of alkyl halides is 2. The second kappa shape index (κ2) is 7.84. The van der Waals surface area contributed by atoms with Gasteiger partial charge in [0, 0.05) is 0 Å². The molecule has 5 nitrogen and oxygen atoms in total. The number of esters is 2. The van der Waals surface area contributed by atoms with Crippen molar-refractivity contribution in [1.29, 1.82) is 0 Å². The molecule has 3 rings (SSSR count). The summed E-state index contributed by atoms with van der Waals surface area (Å²) >= 11 is 0. The van der Waals surface area contributed by atoms with Gasteiger partial charge in [0.1, 0.15) is 18.8 Å². The topological polar surface area (TPSA) is 61.8 Å². The number of benzene rings is 2. The van der Waals surface area contributed by atoms with Crippen LogP contribution in [0, 0.1) is 0 Å². The van der Waals surface area contributed by atoms with Gasteiger partial charge in [-0.2, -0.15) is 8.78 Å². The first-order valence-corrected chi connectivity index (χ1v) is 8.41. The van der Waals surface area contributed by atoms with Crippen LogP contribution in [0.5, 0.6) is 0 Å². The minimum absolute atomic E-state index is 0.146. The van der Waals surface area contributed by atoms with E-state index in [2.05, 4.69) is 0 Å². The first-order chi connectivity index (χ1) is 12.9. The first kappa shape index (κ1) is 19.0. The maximum absolute atomic E-state index is 14.4. The Labute approximate surface area is 154 Å². The van der Waals surface area contributed by atoms with Crippen LogP contribution in [0.2, 0.25) is 0 Å². The monoisotopic (exact) mass is 376 g/mol. The van der Waals surface area contributed by atoms with Gasteiger partial charge in [-0.3, -0.25) is 0 Å². The average Bonchev–Trinajstić information content (AvgIpc) is 2.90. The fourth-order valence-corrected chi connectivity index (χ4v) is 2.76. The second-order valence-corrected chi connectivity index (χ2v) is 6.15. The van der Waals surface area contributed by atoms with E-state index in [4.69, 9.17) is 14.2 Å². The standard InChI is InChI=1S/C20H18F2O5/c1-13-20(21,22)17(27-19(24)15-10-6-3-7-11-15)16(26-13)12-25-18(23)14-8-4-2-5-9-14/h2-11,13,16-17H,12H2,1H3/t13-,16-,17-/m1/s1. The third kappa shape index (κ3) is 4.14. The van der Waals surface area contributed by atoms with Gasteiger partial charge in [0.15, 0.2) is 6.10 Å². The van der Waals surface area contributed by atoms with Crippen LogP contribution in [0.15, 0.2) is 60.7 Å². The molecule has 0 aromatic heterocycles. The van der Waals surface area contributed by atoms with Crippen molar-refractivity contribution in [3.63, 3.8) is 0 Å². The van der Waals surface area contributed by atoms with E-state index in [0.717, 1.165) is 0 Å². The number of carbonyl (C=O) groups excluding carboxylic acids is 2. The quantitative estimate of drug-likeness (QED) is 0.748. The van der Waals surface area contributed by atoms with Crippen LogP contribution in [0.25, 0.3) is 0 Å². The molecule has 1 fully saturated rings.